The van der Waals surface area contributed by atoms with Crippen molar-refractivity contribution in [2.45, 2.75) is 50.9 Å². The highest BCUT2D eigenvalue weighted by Crippen LogP contribution is 2.39. The van der Waals surface area contributed by atoms with Crippen LogP contribution in [0.3, 0.4) is 0 Å². The number of ether oxygens (including phenoxy) is 1. The van der Waals surface area contributed by atoms with E-state index in [9.17, 15) is 4.79 Å². The largest absolute Gasteiger partial charge is 0.381 e. The lowest BCUT2D eigenvalue weighted by Gasteiger charge is -2.46. The molecule has 2 N–H and O–H groups in total. The van der Waals surface area contributed by atoms with Gasteiger partial charge in [-0.1, -0.05) is 6.92 Å². The molecule has 0 aliphatic carbocycles. The molecule has 0 radical (unpaired) electrons. The summed E-state index contributed by atoms with van der Waals surface area (Å²) >= 11 is 0. The standard InChI is InChI=1S/C32H36F3N7O2/c1-19-17-41(18-26(36)31(19)40(3)20(2)43)28-6-9-37-15-21(28)12-29-38-16-23-4-5-27(39-42(23)29)30-24(33)13-22(14-25(30)34)32(35)7-10-44-11-8-32/h4-6,9,13-16,19,26,31H,7-8,10-12,17-18,36H2,1-3H3/t19-,26+,31-/m0/s1. The summed E-state index contributed by atoms with van der Waals surface area (Å²) < 4.78 is 53.0. The molecule has 1 aromatic carbocycles. The summed E-state index contributed by atoms with van der Waals surface area (Å²) in [5.74, 6) is -1.09. The van der Waals surface area contributed by atoms with E-state index in [-0.39, 0.29) is 66.8 Å². The molecule has 44 heavy (non-hydrogen) atoms. The first-order valence-corrected chi connectivity index (χ1v) is 14.8. The second-order valence-electron chi connectivity index (χ2n) is 12.0. The van der Waals surface area contributed by atoms with E-state index in [1.807, 2.05) is 6.07 Å². The van der Waals surface area contributed by atoms with E-state index in [2.05, 4.69) is 26.9 Å². The van der Waals surface area contributed by atoms with E-state index in [1.54, 1.807) is 48.0 Å². The monoisotopic (exact) mass is 607 g/mol. The fourth-order valence-corrected chi connectivity index (χ4v) is 6.67. The van der Waals surface area contributed by atoms with Gasteiger partial charge in [-0.2, -0.15) is 5.10 Å². The number of carbonyl (C=O) groups excluding carboxylic acids is 1. The normalized spacial score (nSPS) is 21.9. The van der Waals surface area contributed by atoms with Crippen molar-refractivity contribution in [2.24, 2.45) is 11.7 Å². The molecule has 0 saturated carbocycles. The summed E-state index contributed by atoms with van der Waals surface area (Å²) in [7, 11) is 1.79. The van der Waals surface area contributed by atoms with E-state index in [1.165, 1.54) is 6.07 Å². The van der Waals surface area contributed by atoms with Gasteiger partial charge in [-0.05, 0) is 41.8 Å². The number of imidazole rings is 1. The topological polar surface area (TPSA) is 102 Å². The third-order valence-corrected chi connectivity index (χ3v) is 9.03. The number of carbonyl (C=O) groups is 1. The van der Waals surface area contributed by atoms with Crippen LogP contribution in [-0.2, 0) is 21.6 Å². The maximum atomic E-state index is 15.4. The minimum Gasteiger partial charge on any atom is -0.381 e. The molecular formula is C32H36F3N7O2. The van der Waals surface area contributed by atoms with Gasteiger partial charge in [-0.15, -0.1) is 0 Å². The molecule has 3 atom stereocenters. The van der Waals surface area contributed by atoms with Crippen LogP contribution in [0.2, 0.25) is 0 Å². The van der Waals surface area contributed by atoms with Crippen molar-refractivity contribution in [1.29, 1.82) is 0 Å². The van der Waals surface area contributed by atoms with Gasteiger partial charge in [0.25, 0.3) is 0 Å². The highest BCUT2D eigenvalue weighted by molar-refractivity contribution is 5.73. The molecule has 3 aromatic heterocycles. The van der Waals surface area contributed by atoms with Crippen molar-refractivity contribution in [3.05, 3.63) is 77.5 Å². The zero-order chi connectivity index (χ0) is 31.2. The molecule has 9 nitrogen and oxygen atoms in total. The lowest BCUT2D eigenvalue weighted by atomic mass is 9.87. The summed E-state index contributed by atoms with van der Waals surface area (Å²) in [4.78, 5) is 24.9. The number of nitrogens with zero attached hydrogens (tertiary/aromatic N) is 6. The SMILES string of the molecule is CC(=O)N(C)[C@@H]1[C@H](N)CN(c2ccncc2Cc2ncc3ccc(-c4c(F)cc(C5(F)CCOCC5)cc4F)nn23)C[C@@H]1C. The quantitative estimate of drug-likeness (QED) is 0.350. The number of hydrogen-bond acceptors (Lipinski definition) is 7. The van der Waals surface area contributed by atoms with Gasteiger partial charge < -0.3 is 20.3 Å². The first kappa shape index (κ1) is 30.0. The first-order chi connectivity index (χ1) is 21.1. The predicted molar refractivity (Wildman–Crippen MR) is 160 cm³/mol. The number of likely N-dealkylation sites (N-methyl/N-ethyl adjacent to an activating group) is 1. The Labute approximate surface area is 253 Å². The van der Waals surface area contributed by atoms with Gasteiger partial charge >= 0.3 is 0 Å². The molecule has 12 heteroatoms. The Balaban J connectivity index is 1.29. The number of benzene rings is 1. The zero-order valence-electron chi connectivity index (χ0n) is 25.0. The third-order valence-electron chi connectivity index (χ3n) is 9.03. The number of aromatic nitrogens is 4. The zero-order valence-corrected chi connectivity index (χ0v) is 25.0. The van der Waals surface area contributed by atoms with Crippen molar-refractivity contribution >= 4 is 17.1 Å². The smallest absolute Gasteiger partial charge is 0.219 e. The molecule has 5 heterocycles. The number of anilines is 1. The molecule has 1 amide bonds. The van der Waals surface area contributed by atoms with Crippen LogP contribution in [0.15, 0.2) is 48.9 Å². The Morgan fingerprint density at radius 3 is 2.55 bits per heavy atom. The number of alkyl halides is 1. The van der Waals surface area contributed by atoms with Crippen LogP contribution in [0, 0.1) is 17.6 Å². The predicted octanol–water partition coefficient (Wildman–Crippen LogP) is 4.27. The van der Waals surface area contributed by atoms with Gasteiger partial charge in [-0.3, -0.25) is 9.78 Å². The molecule has 2 fully saturated rings. The van der Waals surface area contributed by atoms with Gasteiger partial charge in [-0.25, -0.2) is 22.7 Å². The summed E-state index contributed by atoms with van der Waals surface area (Å²) in [6, 6.07) is 6.96. The number of halogens is 3. The summed E-state index contributed by atoms with van der Waals surface area (Å²) in [6.07, 6.45) is 5.58. The molecule has 0 bridgehead atoms. The lowest BCUT2D eigenvalue weighted by molar-refractivity contribution is -0.131. The fourth-order valence-electron chi connectivity index (χ4n) is 6.67. The van der Waals surface area contributed by atoms with Gasteiger partial charge in [0.15, 0.2) is 0 Å². The number of nitrogens with two attached hydrogens (primary N) is 1. The molecule has 0 spiro atoms. The van der Waals surface area contributed by atoms with Crippen LogP contribution in [-0.4, -0.2) is 75.8 Å². The van der Waals surface area contributed by atoms with E-state index < -0.39 is 17.3 Å². The van der Waals surface area contributed by atoms with Crippen LogP contribution >= 0.6 is 0 Å². The molecule has 4 aromatic rings. The number of rotatable bonds is 6. The molecule has 0 unspecified atom stereocenters. The van der Waals surface area contributed by atoms with Gasteiger partial charge in [0.05, 0.1) is 29.0 Å². The average molecular weight is 608 g/mol. The van der Waals surface area contributed by atoms with Crippen LogP contribution < -0.4 is 10.6 Å². The van der Waals surface area contributed by atoms with Crippen LogP contribution in [0.5, 0.6) is 0 Å². The Hall–Kier alpha value is -4.03. The number of fused-ring (bicyclic) bond motifs is 1. The number of amides is 1. The molecular weight excluding hydrogens is 571 g/mol. The van der Waals surface area contributed by atoms with E-state index >= 15 is 13.2 Å². The average Bonchev–Trinajstić information content (AvgIpc) is 3.38. The van der Waals surface area contributed by atoms with Crippen LogP contribution in [0.25, 0.3) is 16.8 Å². The van der Waals surface area contributed by atoms with E-state index in [0.29, 0.717) is 30.9 Å². The maximum Gasteiger partial charge on any atom is 0.219 e. The Morgan fingerprint density at radius 1 is 1.14 bits per heavy atom. The van der Waals surface area contributed by atoms with E-state index in [0.717, 1.165) is 23.4 Å². The molecule has 2 aliphatic rings. The molecule has 6 rings (SSSR count). The number of hydrogen-bond donors (Lipinski definition) is 1. The van der Waals surface area contributed by atoms with Gasteiger partial charge in [0.2, 0.25) is 5.91 Å². The molecule has 2 aliphatic heterocycles. The van der Waals surface area contributed by atoms with Crippen molar-refractivity contribution in [3.63, 3.8) is 0 Å². The minimum absolute atomic E-state index is 0.0187. The number of pyridine rings is 1. The van der Waals surface area contributed by atoms with Crippen molar-refractivity contribution in [3.8, 4) is 11.3 Å². The summed E-state index contributed by atoms with van der Waals surface area (Å²) in [5, 5.41) is 4.56. The third kappa shape index (κ3) is 5.52. The maximum absolute atomic E-state index is 15.4. The van der Waals surface area contributed by atoms with Gasteiger partial charge in [0, 0.05) is 89.2 Å². The Morgan fingerprint density at radius 2 is 1.86 bits per heavy atom. The van der Waals surface area contributed by atoms with E-state index in [4.69, 9.17) is 10.5 Å². The van der Waals surface area contributed by atoms with Gasteiger partial charge in [0.1, 0.15) is 23.1 Å². The summed E-state index contributed by atoms with van der Waals surface area (Å²) in [5.41, 5.74) is 6.95. The highest BCUT2D eigenvalue weighted by Gasteiger charge is 2.37. The van der Waals surface area contributed by atoms with Crippen molar-refractivity contribution in [1.82, 2.24) is 24.5 Å². The molecule has 232 valence electrons. The highest BCUT2D eigenvalue weighted by atomic mass is 19.1. The minimum atomic E-state index is -1.84. The second-order valence-corrected chi connectivity index (χ2v) is 12.0. The summed E-state index contributed by atoms with van der Waals surface area (Å²) in [6.45, 7) is 5.28. The Bertz CT molecular complexity index is 1650. The van der Waals surface area contributed by atoms with Crippen molar-refractivity contribution in [2.75, 3.05) is 38.3 Å². The second kappa shape index (κ2) is 11.8. The Kier molecular flexibility index (Phi) is 8.06. The van der Waals surface area contributed by atoms with Crippen molar-refractivity contribution < 1.29 is 22.7 Å². The number of piperidine rings is 1. The first-order valence-electron chi connectivity index (χ1n) is 14.8. The molecule has 2 saturated heterocycles. The lowest BCUT2D eigenvalue weighted by Crippen LogP contribution is -2.62. The fraction of sp³-hybridized carbons (Fsp3) is 0.438. The van der Waals surface area contributed by atoms with Crippen LogP contribution in [0.1, 0.15) is 43.6 Å². The van der Waals surface area contributed by atoms with Crippen LogP contribution in [0.4, 0.5) is 18.9 Å².